The largest absolute Gasteiger partial charge is 0.394 e. The van der Waals surface area contributed by atoms with Crippen LogP contribution in [0.4, 0.5) is 0 Å². The molecule has 1 fully saturated rings. The van der Waals surface area contributed by atoms with E-state index in [-0.39, 0.29) is 12.5 Å². The molecule has 9 heteroatoms. The van der Waals surface area contributed by atoms with E-state index in [1.165, 1.54) is 128 Å². The molecule has 0 saturated carbocycles. The predicted octanol–water partition coefficient (Wildman–Crippen LogP) is 13.5. The molecule has 1 amide bonds. The lowest BCUT2D eigenvalue weighted by Gasteiger charge is -2.40. The van der Waals surface area contributed by atoms with Crippen molar-refractivity contribution in [3.63, 3.8) is 0 Å². The molecule has 7 atom stereocenters. The summed E-state index contributed by atoms with van der Waals surface area (Å²) >= 11 is 0. The summed E-state index contributed by atoms with van der Waals surface area (Å²) in [6.45, 7) is 3.51. The maximum absolute atomic E-state index is 13.0. The number of unbranched alkanes of at least 4 members (excludes halogenated alkanes) is 24. The van der Waals surface area contributed by atoms with E-state index in [0.29, 0.717) is 6.42 Å². The van der Waals surface area contributed by atoms with E-state index in [2.05, 4.69) is 92.1 Å². The summed E-state index contributed by atoms with van der Waals surface area (Å²) in [6.07, 6.45) is 61.2. The third-order valence-electron chi connectivity index (χ3n) is 12.7. The minimum Gasteiger partial charge on any atom is -0.394 e. The van der Waals surface area contributed by atoms with Gasteiger partial charge in [0.2, 0.25) is 5.91 Å². The first-order valence-electron chi connectivity index (χ1n) is 27.8. The molecule has 6 N–H and O–H groups in total. The summed E-state index contributed by atoms with van der Waals surface area (Å²) in [7, 11) is 0. The maximum atomic E-state index is 13.0. The van der Waals surface area contributed by atoms with Gasteiger partial charge in [-0.25, -0.2) is 0 Å². The zero-order valence-corrected chi connectivity index (χ0v) is 43.3. The number of rotatable bonds is 46. The predicted molar refractivity (Wildman–Crippen MR) is 285 cm³/mol. The van der Waals surface area contributed by atoms with E-state index in [1.807, 2.05) is 6.08 Å². The Balaban J connectivity index is 2.07. The second-order valence-electron chi connectivity index (χ2n) is 18.9. The standard InChI is InChI=1S/C59H103NO8/c1-3-5-7-9-11-13-15-16-17-18-19-20-21-22-23-24-25-26-27-28-29-30-31-32-33-34-35-36-37-38-39-41-43-45-47-49-55(63)60-52(51-67-59-58(66)57(65)56(64)54(50-61)68-59)53(62)48-46-44-42-40-14-12-10-8-6-4-2/h5-8,11,13-14,16-17,19-20,40,46,48,52-54,56-59,61-62,64-66H,3-4,9-10,12,15,18,21-39,41-45,47,49-51H2,1-2H3,(H,60,63)/b7-5-,8-6+,13-11-,17-16-,20-19-,40-14+,48-46+. The summed E-state index contributed by atoms with van der Waals surface area (Å²) in [5.41, 5.74) is 0. The van der Waals surface area contributed by atoms with Gasteiger partial charge in [-0.3, -0.25) is 4.79 Å². The monoisotopic (exact) mass is 954 g/mol. The summed E-state index contributed by atoms with van der Waals surface area (Å²) in [5.74, 6) is -0.193. The molecule has 0 radical (unpaired) electrons. The van der Waals surface area contributed by atoms with Gasteiger partial charge in [0.15, 0.2) is 6.29 Å². The van der Waals surface area contributed by atoms with E-state index in [0.717, 1.165) is 77.0 Å². The Morgan fingerprint density at radius 1 is 0.500 bits per heavy atom. The van der Waals surface area contributed by atoms with Crippen molar-refractivity contribution in [1.82, 2.24) is 5.32 Å². The molecule has 0 aromatic carbocycles. The first kappa shape index (κ1) is 63.4. The van der Waals surface area contributed by atoms with Crippen LogP contribution in [0.1, 0.15) is 226 Å². The number of aliphatic hydroxyl groups excluding tert-OH is 5. The molecule has 392 valence electrons. The third kappa shape index (κ3) is 37.2. The summed E-state index contributed by atoms with van der Waals surface area (Å²) < 4.78 is 11.2. The van der Waals surface area contributed by atoms with Crippen LogP contribution >= 0.6 is 0 Å². The van der Waals surface area contributed by atoms with Gasteiger partial charge >= 0.3 is 0 Å². The Kier molecular flexibility index (Phi) is 44.8. The van der Waals surface area contributed by atoms with Crippen molar-refractivity contribution >= 4 is 5.91 Å². The van der Waals surface area contributed by atoms with Gasteiger partial charge in [-0.1, -0.05) is 227 Å². The number of hydrogen-bond donors (Lipinski definition) is 6. The average Bonchev–Trinajstić information content (AvgIpc) is 3.34. The van der Waals surface area contributed by atoms with Gasteiger partial charge in [-0.2, -0.15) is 0 Å². The molecule has 0 aromatic heterocycles. The van der Waals surface area contributed by atoms with Crippen molar-refractivity contribution < 1.29 is 39.8 Å². The van der Waals surface area contributed by atoms with E-state index in [4.69, 9.17) is 9.47 Å². The summed E-state index contributed by atoms with van der Waals surface area (Å²) in [4.78, 5) is 13.0. The van der Waals surface area contributed by atoms with Crippen LogP contribution in [0.5, 0.6) is 0 Å². The number of nitrogens with one attached hydrogen (secondary N) is 1. The maximum Gasteiger partial charge on any atom is 0.220 e. The van der Waals surface area contributed by atoms with Crippen LogP contribution in [0.3, 0.4) is 0 Å². The number of amides is 1. The van der Waals surface area contributed by atoms with Crippen molar-refractivity contribution in [3.8, 4) is 0 Å². The Morgan fingerprint density at radius 2 is 0.882 bits per heavy atom. The lowest BCUT2D eigenvalue weighted by molar-refractivity contribution is -0.302. The van der Waals surface area contributed by atoms with Gasteiger partial charge in [0, 0.05) is 6.42 Å². The van der Waals surface area contributed by atoms with Crippen LogP contribution in [-0.2, 0) is 14.3 Å². The second-order valence-corrected chi connectivity index (χ2v) is 18.9. The quantitative estimate of drug-likeness (QED) is 0.0261. The van der Waals surface area contributed by atoms with E-state index in [9.17, 15) is 30.3 Å². The van der Waals surface area contributed by atoms with Crippen molar-refractivity contribution in [1.29, 1.82) is 0 Å². The number of hydrogen-bond acceptors (Lipinski definition) is 8. The molecule has 0 bridgehead atoms. The van der Waals surface area contributed by atoms with Gasteiger partial charge in [0.25, 0.3) is 0 Å². The van der Waals surface area contributed by atoms with Crippen LogP contribution < -0.4 is 5.32 Å². The zero-order chi connectivity index (χ0) is 49.4. The first-order chi connectivity index (χ1) is 33.3. The molecular weight excluding hydrogens is 851 g/mol. The molecule has 7 unspecified atom stereocenters. The molecule has 1 aliphatic rings. The van der Waals surface area contributed by atoms with Gasteiger partial charge < -0.3 is 40.3 Å². The summed E-state index contributed by atoms with van der Waals surface area (Å²) in [6, 6.07) is -0.828. The Morgan fingerprint density at radius 3 is 1.35 bits per heavy atom. The number of allylic oxidation sites excluding steroid dienone is 13. The molecule has 68 heavy (non-hydrogen) atoms. The molecule has 0 aromatic rings. The van der Waals surface area contributed by atoms with Crippen molar-refractivity contribution in [2.45, 2.75) is 269 Å². The molecule has 0 aliphatic carbocycles. The van der Waals surface area contributed by atoms with E-state index < -0.39 is 49.5 Å². The SMILES string of the molecule is CC/C=C\C/C=C\C/C=C\C/C=C\CCCCCCCCCCCCCCCCCCCCCCCCC(=O)NC(COC1OC(CO)C(O)C(O)C1O)C(O)/C=C/CC/C=C/CC/C=C/CC. The first-order valence-corrected chi connectivity index (χ1v) is 27.8. The Bertz CT molecular complexity index is 1340. The highest BCUT2D eigenvalue weighted by atomic mass is 16.7. The van der Waals surface area contributed by atoms with Gasteiger partial charge in [0.1, 0.15) is 24.4 Å². The Labute approximate surface area is 416 Å². The lowest BCUT2D eigenvalue weighted by Crippen LogP contribution is -2.60. The fourth-order valence-electron chi connectivity index (χ4n) is 8.36. The number of ether oxygens (including phenoxy) is 2. The fourth-order valence-corrected chi connectivity index (χ4v) is 8.36. The van der Waals surface area contributed by atoms with Crippen LogP contribution in [0, 0.1) is 0 Å². The minimum atomic E-state index is -1.57. The molecule has 0 spiro atoms. The van der Waals surface area contributed by atoms with E-state index in [1.54, 1.807) is 6.08 Å². The zero-order valence-electron chi connectivity index (χ0n) is 43.3. The van der Waals surface area contributed by atoms with Gasteiger partial charge in [-0.05, 0) is 77.0 Å². The van der Waals surface area contributed by atoms with Crippen LogP contribution in [0.15, 0.2) is 85.1 Å². The van der Waals surface area contributed by atoms with Gasteiger partial charge in [0.05, 0.1) is 25.4 Å². The topological polar surface area (TPSA) is 149 Å². The molecule has 1 heterocycles. The highest BCUT2D eigenvalue weighted by molar-refractivity contribution is 5.76. The Hall–Kier alpha value is -2.63. The van der Waals surface area contributed by atoms with Crippen LogP contribution in [0.2, 0.25) is 0 Å². The van der Waals surface area contributed by atoms with Crippen molar-refractivity contribution in [2.24, 2.45) is 0 Å². The average molecular weight is 954 g/mol. The smallest absolute Gasteiger partial charge is 0.220 e. The van der Waals surface area contributed by atoms with Crippen molar-refractivity contribution in [3.05, 3.63) is 85.1 Å². The van der Waals surface area contributed by atoms with Crippen LogP contribution in [0.25, 0.3) is 0 Å². The second kappa shape index (κ2) is 48.0. The van der Waals surface area contributed by atoms with E-state index >= 15 is 0 Å². The molecular formula is C59H103NO8. The van der Waals surface area contributed by atoms with Crippen molar-refractivity contribution in [2.75, 3.05) is 13.2 Å². The number of carbonyl (C=O) groups is 1. The van der Waals surface area contributed by atoms with Gasteiger partial charge in [-0.15, -0.1) is 0 Å². The lowest BCUT2D eigenvalue weighted by atomic mass is 9.99. The highest BCUT2D eigenvalue weighted by Crippen LogP contribution is 2.23. The normalized spacial score (nSPS) is 20.2. The molecule has 1 saturated heterocycles. The highest BCUT2D eigenvalue weighted by Gasteiger charge is 2.44. The molecule has 9 nitrogen and oxygen atoms in total. The van der Waals surface area contributed by atoms with Crippen LogP contribution in [-0.4, -0.2) is 87.5 Å². The molecule has 1 rings (SSSR count). The third-order valence-corrected chi connectivity index (χ3v) is 12.7. The minimum absolute atomic E-state index is 0.193. The molecule has 1 aliphatic heterocycles. The number of carbonyl (C=O) groups excluding carboxylic acids is 1. The fraction of sp³-hybridized carbons (Fsp3) is 0.746. The summed E-state index contributed by atoms with van der Waals surface area (Å²) in [5, 5.41) is 54.2. The number of aliphatic hydroxyl groups is 5.